The molecule has 1 amide bonds. The van der Waals surface area contributed by atoms with Crippen molar-refractivity contribution in [1.29, 1.82) is 0 Å². The molecule has 1 aromatic carbocycles. The quantitative estimate of drug-likeness (QED) is 0.415. The Morgan fingerprint density at radius 1 is 1.32 bits per heavy atom. The molecule has 3 aromatic heterocycles. The number of carbonyl (C=O) groups is 1. The molecule has 176 valence electrons. The highest BCUT2D eigenvalue weighted by molar-refractivity contribution is 5.82. The van der Waals surface area contributed by atoms with Crippen LogP contribution in [0.15, 0.2) is 59.5 Å². The van der Waals surface area contributed by atoms with Crippen LogP contribution in [0.3, 0.4) is 0 Å². The highest BCUT2D eigenvalue weighted by atomic mass is 16.5. The van der Waals surface area contributed by atoms with Crippen molar-refractivity contribution in [3.63, 3.8) is 0 Å². The molecule has 0 saturated carbocycles. The van der Waals surface area contributed by atoms with Crippen molar-refractivity contribution < 1.29 is 19.1 Å². The highest BCUT2D eigenvalue weighted by Crippen LogP contribution is 2.30. The number of H-pyrrole nitrogens is 1. The number of hydrogen-bond donors (Lipinski definition) is 2. The third kappa shape index (κ3) is 4.80. The molecular formula is C25H27N5O4. The lowest BCUT2D eigenvalue weighted by Crippen LogP contribution is -2.34. The van der Waals surface area contributed by atoms with Gasteiger partial charge in [0.2, 0.25) is 11.8 Å². The molecule has 0 spiro atoms. The number of fused-ring (bicyclic) bond motifs is 1. The first-order valence-corrected chi connectivity index (χ1v) is 11.3. The van der Waals surface area contributed by atoms with Gasteiger partial charge in [0.1, 0.15) is 17.9 Å². The molecule has 4 heterocycles. The molecule has 1 saturated heterocycles. The molecule has 0 radical (unpaired) electrons. The van der Waals surface area contributed by atoms with E-state index >= 15 is 0 Å². The molecule has 1 aliphatic heterocycles. The fraction of sp³-hybridized carbons (Fsp3) is 0.320. The summed E-state index contributed by atoms with van der Waals surface area (Å²) >= 11 is 0. The number of benzene rings is 1. The minimum absolute atomic E-state index is 0.235. The molecule has 0 bridgehead atoms. The second kappa shape index (κ2) is 9.66. The van der Waals surface area contributed by atoms with E-state index in [-0.39, 0.29) is 5.91 Å². The number of furan rings is 1. The van der Waals surface area contributed by atoms with Gasteiger partial charge >= 0.3 is 0 Å². The standard InChI is InChI=1S/C25H27N5O4/c1-29(25(32)15-31)12-17-7-9-30(13-17)14-19-16-33-23-10-20(3-4-21(19)23)34-24-5-2-18(11-26-24)22-6-8-27-28-22/h2-6,8,10-11,16-17,31H,7,9,12-15H2,1H3,(H,27,28). The van der Waals surface area contributed by atoms with Crippen LogP contribution in [-0.4, -0.2) is 69.3 Å². The summed E-state index contributed by atoms with van der Waals surface area (Å²) in [6.45, 7) is 2.90. The van der Waals surface area contributed by atoms with Crippen molar-refractivity contribution >= 4 is 16.9 Å². The van der Waals surface area contributed by atoms with E-state index in [0.29, 0.717) is 24.1 Å². The van der Waals surface area contributed by atoms with Crippen molar-refractivity contribution in [2.75, 3.05) is 33.3 Å². The Morgan fingerprint density at radius 3 is 3.00 bits per heavy atom. The molecular weight excluding hydrogens is 434 g/mol. The number of pyridine rings is 1. The fourth-order valence-electron chi connectivity index (χ4n) is 4.44. The summed E-state index contributed by atoms with van der Waals surface area (Å²) in [5, 5.41) is 17.0. The maximum atomic E-state index is 11.6. The lowest BCUT2D eigenvalue weighted by atomic mass is 10.1. The average Bonchev–Trinajstić information content (AvgIpc) is 3.61. The molecule has 1 atom stereocenters. The Hall–Kier alpha value is -3.69. The molecule has 1 unspecified atom stereocenters. The molecule has 0 aliphatic carbocycles. The molecule has 5 rings (SSSR count). The number of hydrogen-bond acceptors (Lipinski definition) is 7. The summed E-state index contributed by atoms with van der Waals surface area (Å²) in [6, 6.07) is 11.5. The van der Waals surface area contributed by atoms with Gasteiger partial charge in [-0.15, -0.1) is 0 Å². The number of aromatic nitrogens is 3. The number of aromatic amines is 1. The normalized spacial score (nSPS) is 16.2. The molecule has 1 fully saturated rings. The number of aliphatic hydroxyl groups is 1. The maximum Gasteiger partial charge on any atom is 0.248 e. The van der Waals surface area contributed by atoms with E-state index in [1.807, 2.05) is 36.4 Å². The zero-order valence-electron chi connectivity index (χ0n) is 19.0. The smallest absolute Gasteiger partial charge is 0.248 e. The van der Waals surface area contributed by atoms with Gasteiger partial charge in [0.25, 0.3) is 0 Å². The molecule has 1 aliphatic rings. The van der Waals surface area contributed by atoms with Crippen molar-refractivity contribution in [3.8, 4) is 22.9 Å². The van der Waals surface area contributed by atoms with Crippen molar-refractivity contribution in [3.05, 3.63) is 60.6 Å². The van der Waals surface area contributed by atoms with E-state index < -0.39 is 6.61 Å². The predicted octanol–water partition coefficient (Wildman–Crippen LogP) is 3.28. The number of aliphatic hydroxyl groups excluding tert-OH is 1. The summed E-state index contributed by atoms with van der Waals surface area (Å²) in [6.07, 6.45) is 6.28. The van der Waals surface area contributed by atoms with Crippen LogP contribution in [-0.2, 0) is 11.3 Å². The second-order valence-electron chi connectivity index (χ2n) is 8.70. The molecule has 9 heteroatoms. The zero-order valence-corrected chi connectivity index (χ0v) is 19.0. The summed E-state index contributed by atoms with van der Waals surface area (Å²) in [4.78, 5) is 20.0. The Morgan fingerprint density at radius 2 is 2.24 bits per heavy atom. The monoisotopic (exact) mass is 461 g/mol. The molecule has 4 aromatic rings. The van der Waals surface area contributed by atoms with Gasteiger partial charge < -0.3 is 19.2 Å². The van der Waals surface area contributed by atoms with E-state index in [1.165, 1.54) is 0 Å². The number of nitrogens with one attached hydrogen (secondary N) is 1. The summed E-state index contributed by atoms with van der Waals surface area (Å²) in [5.41, 5.74) is 3.74. The van der Waals surface area contributed by atoms with Crippen LogP contribution in [0.25, 0.3) is 22.2 Å². The number of carbonyl (C=O) groups excluding carboxylic acids is 1. The van der Waals surface area contributed by atoms with E-state index in [1.54, 1.807) is 30.6 Å². The number of likely N-dealkylation sites (N-methyl/N-ethyl adjacent to an activating group) is 1. The first-order valence-electron chi connectivity index (χ1n) is 11.3. The molecule has 34 heavy (non-hydrogen) atoms. The van der Waals surface area contributed by atoms with Gasteiger partial charge in [0, 0.05) is 67.7 Å². The van der Waals surface area contributed by atoms with Crippen LogP contribution in [0.5, 0.6) is 11.6 Å². The highest BCUT2D eigenvalue weighted by Gasteiger charge is 2.25. The van der Waals surface area contributed by atoms with Gasteiger partial charge in [-0.05, 0) is 43.1 Å². The van der Waals surface area contributed by atoms with E-state index in [4.69, 9.17) is 14.3 Å². The first-order chi connectivity index (χ1) is 16.6. The summed E-state index contributed by atoms with van der Waals surface area (Å²) in [7, 11) is 1.74. The van der Waals surface area contributed by atoms with E-state index in [9.17, 15) is 4.79 Å². The van der Waals surface area contributed by atoms with E-state index in [2.05, 4.69) is 20.1 Å². The van der Waals surface area contributed by atoms with Crippen molar-refractivity contribution in [1.82, 2.24) is 25.0 Å². The number of rotatable bonds is 8. The number of nitrogens with zero attached hydrogens (tertiary/aromatic N) is 4. The van der Waals surface area contributed by atoms with Crippen LogP contribution >= 0.6 is 0 Å². The molecule has 2 N–H and O–H groups in total. The average molecular weight is 462 g/mol. The Kier molecular flexibility index (Phi) is 6.29. The SMILES string of the molecule is CN(CC1CCN(Cc2coc3cc(Oc4ccc(-c5ccn[nH]5)cn4)ccc23)C1)C(=O)CO. The van der Waals surface area contributed by atoms with Gasteiger partial charge in [-0.25, -0.2) is 4.98 Å². The van der Waals surface area contributed by atoms with E-state index in [0.717, 1.165) is 53.8 Å². The number of ether oxygens (including phenoxy) is 1. The van der Waals surface area contributed by atoms with Gasteiger partial charge in [-0.3, -0.25) is 14.8 Å². The van der Waals surface area contributed by atoms with Gasteiger partial charge in [0.05, 0.1) is 12.0 Å². The summed E-state index contributed by atoms with van der Waals surface area (Å²) in [5.74, 6) is 1.34. The first kappa shape index (κ1) is 22.1. The lowest BCUT2D eigenvalue weighted by Gasteiger charge is -2.21. The van der Waals surface area contributed by atoms with Gasteiger partial charge in [-0.1, -0.05) is 0 Å². The van der Waals surface area contributed by atoms with Crippen LogP contribution in [0, 0.1) is 5.92 Å². The predicted molar refractivity (Wildman–Crippen MR) is 126 cm³/mol. The largest absolute Gasteiger partial charge is 0.464 e. The Labute approximate surface area is 197 Å². The topological polar surface area (TPSA) is 108 Å². The minimum Gasteiger partial charge on any atom is -0.464 e. The van der Waals surface area contributed by atoms with Gasteiger partial charge in [0.15, 0.2) is 0 Å². The van der Waals surface area contributed by atoms with Crippen LogP contribution in [0.1, 0.15) is 12.0 Å². The zero-order chi connectivity index (χ0) is 23.5. The number of likely N-dealkylation sites (tertiary alicyclic amines) is 1. The third-order valence-electron chi connectivity index (χ3n) is 6.25. The van der Waals surface area contributed by atoms with Crippen LogP contribution in [0.4, 0.5) is 0 Å². The minimum atomic E-state index is -0.438. The Balaban J connectivity index is 1.21. The fourth-order valence-corrected chi connectivity index (χ4v) is 4.44. The van der Waals surface area contributed by atoms with Crippen LogP contribution in [0.2, 0.25) is 0 Å². The van der Waals surface area contributed by atoms with Crippen molar-refractivity contribution in [2.24, 2.45) is 5.92 Å². The number of amides is 1. The van der Waals surface area contributed by atoms with Gasteiger partial charge in [-0.2, -0.15) is 5.10 Å². The van der Waals surface area contributed by atoms with Crippen molar-refractivity contribution in [2.45, 2.75) is 13.0 Å². The van der Waals surface area contributed by atoms with Crippen LogP contribution < -0.4 is 4.74 Å². The molecule has 9 nitrogen and oxygen atoms in total. The lowest BCUT2D eigenvalue weighted by molar-refractivity contribution is -0.133. The Bertz CT molecular complexity index is 1250. The summed E-state index contributed by atoms with van der Waals surface area (Å²) < 4.78 is 11.7. The third-order valence-corrected chi connectivity index (χ3v) is 6.25. The maximum absolute atomic E-state index is 11.6. The second-order valence-corrected chi connectivity index (χ2v) is 8.70.